The molecule has 0 heterocycles. The van der Waals surface area contributed by atoms with Gasteiger partial charge in [0.1, 0.15) is 6.10 Å². The second kappa shape index (κ2) is 38.1. The topological polar surface area (TPSA) is 76.1 Å². The molecule has 0 aliphatic rings. The predicted octanol–water partition coefficient (Wildman–Crippen LogP) is 14.7. The monoisotopic (exact) mass is 794 g/mol. The minimum absolute atomic E-state index is 0.00150. The number of esters is 2. The molecular weight excluding hydrogens is 695 g/mol. The molecule has 0 unspecified atom stereocenters. The molecule has 0 bridgehead atoms. The van der Waals surface area contributed by atoms with Crippen LogP contribution in [0, 0.1) is 10.8 Å². The molecule has 0 amide bonds. The van der Waals surface area contributed by atoms with Gasteiger partial charge in [0, 0.05) is 18.4 Å². The number of rotatable bonds is 43. The standard InChI is InChI=1S/C50H99NO5/c1-8-11-14-17-20-21-22-23-26-31-38-47(53)55-45-49(4,5)40-43-51(42-34-35-44-52)41-33-28-27-32-39-50(6,7)48(54)56-46(36-29-24-18-15-12-9-2)37-30-25-19-16-13-10-3/h46,52H,8-45H2,1-7H3. The van der Waals surface area contributed by atoms with Crippen molar-refractivity contribution in [1.82, 2.24) is 4.90 Å². The van der Waals surface area contributed by atoms with Crippen molar-refractivity contribution in [2.24, 2.45) is 10.8 Å². The first kappa shape index (κ1) is 54.9. The Morgan fingerprint density at radius 1 is 0.518 bits per heavy atom. The highest BCUT2D eigenvalue weighted by Gasteiger charge is 2.31. The number of ether oxygens (including phenoxy) is 2. The van der Waals surface area contributed by atoms with Crippen LogP contribution in [-0.2, 0) is 19.1 Å². The van der Waals surface area contributed by atoms with E-state index in [2.05, 4.69) is 53.4 Å². The summed E-state index contributed by atoms with van der Waals surface area (Å²) in [6.45, 7) is 19.1. The van der Waals surface area contributed by atoms with E-state index in [1.807, 2.05) is 0 Å². The lowest BCUT2D eigenvalue weighted by molar-refractivity contribution is -0.161. The van der Waals surface area contributed by atoms with Crippen LogP contribution in [0.4, 0.5) is 0 Å². The van der Waals surface area contributed by atoms with Crippen LogP contribution in [0.3, 0.4) is 0 Å². The third kappa shape index (κ3) is 34.9. The summed E-state index contributed by atoms with van der Waals surface area (Å²) in [5, 5.41) is 9.39. The molecule has 0 saturated carbocycles. The predicted molar refractivity (Wildman–Crippen MR) is 241 cm³/mol. The van der Waals surface area contributed by atoms with Gasteiger partial charge in [-0.1, -0.05) is 176 Å². The lowest BCUT2D eigenvalue weighted by Gasteiger charge is -2.29. The van der Waals surface area contributed by atoms with E-state index in [9.17, 15) is 14.7 Å². The molecule has 1 N–H and O–H groups in total. The summed E-state index contributed by atoms with van der Waals surface area (Å²) in [6.07, 6.45) is 38.7. The van der Waals surface area contributed by atoms with Crippen molar-refractivity contribution in [1.29, 1.82) is 0 Å². The van der Waals surface area contributed by atoms with E-state index in [1.54, 1.807) is 0 Å². The average Bonchev–Trinajstić information content (AvgIpc) is 3.17. The maximum atomic E-state index is 13.4. The van der Waals surface area contributed by atoms with Crippen LogP contribution in [0.5, 0.6) is 0 Å². The minimum atomic E-state index is -0.445. The van der Waals surface area contributed by atoms with Crippen molar-refractivity contribution < 1.29 is 24.2 Å². The van der Waals surface area contributed by atoms with Crippen molar-refractivity contribution in [2.45, 2.75) is 266 Å². The molecule has 0 spiro atoms. The number of carbonyl (C=O) groups is 2. The fourth-order valence-electron chi connectivity index (χ4n) is 7.66. The Bertz CT molecular complexity index is 858. The van der Waals surface area contributed by atoms with Crippen LogP contribution in [0.15, 0.2) is 0 Å². The van der Waals surface area contributed by atoms with Crippen molar-refractivity contribution in [3.05, 3.63) is 0 Å². The normalized spacial score (nSPS) is 12.2. The number of carbonyl (C=O) groups excluding carboxylic acids is 2. The summed E-state index contributed by atoms with van der Waals surface area (Å²) in [6, 6.07) is 0. The minimum Gasteiger partial charge on any atom is -0.465 e. The Labute approximate surface area is 350 Å². The zero-order valence-electron chi connectivity index (χ0n) is 39.0. The molecule has 0 aliphatic carbocycles. The number of aliphatic hydroxyl groups excluding tert-OH is 1. The lowest BCUT2D eigenvalue weighted by Crippen LogP contribution is -2.32. The van der Waals surface area contributed by atoms with Crippen LogP contribution >= 0.6 is 0 Å². The van der Waals surface area contributed by atoms with Gasteiger partial charge in [-0.2, -0.15) is 0 Å². The summed E-state index contributed by atoms with van der Waals surface area (Å²) in [7, 11) is 0. The second-order valence-corrected chi connectivity index (χ2v) is 19.0. The van der Waals surface area contributed by atoms with Crippen molar-refractivity contribution in [3.8, 4) is 0 Å². The maximum Gasteiger partial charge on any atom is 0.311 e. The highest BCUT2D eigenvalue weighted by molar-refractivity contribution is 5.76. The highest BCUT2D eigenvalue weighted by Crippen LogP contribution is 2.29. The molecule has 0 aromatic carbocycles. The number of nitrogens with zero attached hydrogens (tertiary/aromatic N) is 1. The molecule has 0 aliphatic heterocycles. The molecule has 6 nitrogen and oxygen atoms in total. The Kier molecular flexibility index (Phi) is 37.3. The Hall–Kier alpha value is -1.14. The molecule has 0 radical (unpaired) electrons. The van der Waals surface area contributed by atoms with E-state index in [1.165, 1.54) is 128 Å². The summed E-state index contributed by atoms with van der Waals surface area (Å²) < 4.78 is 12.0. The number of aliphatic hydroxyl groups is 1. The highest BCUT2D eigenvalue weighted by atomic mass is 16.5. The molecule has 0 aromatic heterocycles. The van der Waals surface area contributed by atoms with E-state index in [-0.39, 0.29) is 30.1 Å². The first-order valence-corrected chi connectivity index (χ1v) is 24.7. The SMILES string of the molecule is CCCCCCCCCCCCC(=O)OCC(C)(C)CCN(CCCCO)CCCCCCC(C)(C)C(=O)OC(CCCCCCCC)CCCCCCCC. The molecule has 0 fully saturated rings. The van der Waals surface area contributed by atoms with Crippen molar-refractivity contribution in [3.63, 3.8) is 0 Å². The fraction of sp³-hybridized carbons (Fsp3) is 0.960. The largest absolute Gasteiger partial charge is 0.465 e. The van der Waals surface area contributed by atoms with Gasteiger partial charge in [-0.25, -0.2) is 0 Å². The summed E-state index contributed by atoms with van der Waals surface area (Å²) in [5.74, 6) is -0.0448. The lowest BCUT2D eigenvalue weighted by atomic mass is 9.86. The number of hydrogen-bond acceptors (Lipinski definition) is 6. The van der Waals surface area contributed by atoms with E-state index in [4.69, 9.17) is 9.47 Å². The molecule has 334 valence electrons. The molecular formula is C50H99NO5. The van der Waals surface area contributed by atoms with Crippen LogP contribution in [0.25, 0.3) is 0 Å². The maximum absolute atomic E-state index is 13.4. The van der Waals surface area contributed by atoms with Crippen molar-refractivity contribution in [2.75, 3.05) is 32.8 Å². The average molecular weight is 794 g/mol. The third-order valence-electron chi connectivity index (χ3n) is 12.0. The van der Waals surface area contributed by atoms with E-state index < -0.39 is 5.41 Å². The summed E-state index contributed by atoms with van der Waals surface area (Å²) in [5.41, 5.74) is -0.510. The summed E-state index contributed by atoms with van der Waals surface area (Å²) >= 11 is 0. The first-order chi connectivity index (χ1) is 27.0. The van der Waals surface area contributed by atoms with Gasteiger partial charge in [0.05, 0.1) is 12.0 Å². The third-order valence-corrected chi connectivity index (χ3v) is 12.0. The van der Waals surface area contributed by atoms with E-state index >= 15 is 0 Å². The summed E-state index contributed by atoms with van der Waals surface area (Å²) in [4.78, 5) is 28.5. The van der Waals surface area contributed by atoms with Gasteiger partial charge in [-0.15, -0.1) is 0 Å². The smallest absolute Gasteiger partial charge is 0.311 e. The molecule has 0 saturated heterocycles. The van der Waals surface area contributed by atoms with Crippen LogP contribution in [0.1, 0.15) is 260 Å². The zero-order chi connectivity index (χ0) is 41.6. The molecule has 0 rings (SSSR count). The Morgan fingerprint density at radius 2 is 0.946 bits per heavy atom. The fourth-order valence-corrected chi connectivity index (χ4v) is 7.66. The van der Waals surface area contributed by atoms with Crippen LogP contribution < -0.4 is 0 Å². The van der Waals surface area contributed by atoms with Gasteiger partial charge in [0.2, 0.25) is 0 Å². The number of unbranched alkanes of at least 4 members (excludes halogenated alkanes) is 23. The molecule has 56 heavy (non-hydrogen) atoms. The van der Waals surface area contributed by atoms with Gasteiger partial charge >= 0.3 is 11.9 Å². The van der Waals surface area contributed by atoms with Crippen LogP contribution in [-0.4, -0.2) is 60.9 Å². The zero-order valence-corrected chi connectivity index (χ0v) is 39.0. The van der Waals surface area contributed by atoms with Gasteiger partial charge in [0.25, 0.3) is 0 Å². The van der Waals surface area contributed by atoms with Gasteiger partial charge in [0.15, 0.2) is 0 Å². The van der Waals surface area contributed by atoms with Gasteiger partial charge in [-0.05, 0) is 97.7 Å². The van der Waals surface area contributed by atoms with Crippen LogP contribution in [0.2, 0.25) is 0 Å². The van der Waals surface area contributed by atoms with Crippen molar-refractivity contribution >= 4 is 11.9 Å². The molecule has 6 heteroatoms. The number of hydrogen-bond donors (Lipinski definition) is 1. The second-order valence-electron chi connectivity index (χ2n) is 19.0. The molecule has 0 atom stereocenters. The first-order valence-electron chi connectivity index (χ1n) is 24.7. The quantitative estimate of drug-likeness (QED) is 0.0489. The van der Waals surface area contributed by atoms with E-state index in [0.717, 1.165) is 96.7 Å². The Balaban J connectivity index is 4.56. The Morgan fingerprint density at radius 3 is 1.45 bits per heavy atom. The van der Waals surface area contributed by atoms with Gasteiger partial charge in [-0.3, -0.25) is 9.59 Å². The molecule has 0 aromatic rings. The van der Waals surface area contributed by atoms with E-state index in [0.29, 0.717) is 13.0 Å². The van der Waals surface area contributed by atoms with Gasteiger partial charge < -0.3 is 19.5 Å².